The second kappa shape index (κ2) is 4.79. The van der Waals surface area contributed by atoms with Gasteiger partial charge in [0.1, 0.15) is 11.5 Å². The number of hydrogen-bond acceptors (Lipinski definition) is 2. The van der Waals surface area contributed by atoms with Crippen LogP contribution in [-0.4, -0.2) is 14.5 Å². The van der Waals surface area contributed by atoms with Gasteiger partial charge in [0.15, 0.2) is 11.6 Å². The van der Waals surface area contributed by atoms with Gasteiger partial charge in [0.25, 0.3) is 0 Å². The highest BCUT2D eigenvalue weighted by Crippen LogP contribution is 2.20. The Bertz CT molecular complexity index is 801. The first kappa shape index (κ1) is 12.9. The van der Waals surface area contributed by atoms with E-state index >= 15 is 0 Å². The SMILES string of the molecule is Fc1ccc(F)c(Cn2ccc3cnc(Cl)nc32)c1F. The molecule has 0 bridgehead atoms. The third-order valence-electron chi connectivity index (χ3n) is 2.94. The second-order valence-corrected chi connectivity index (χ2v) is 4.52. The quantitative estimate of drug-likeness (QED) is 0.535. The molecule has 1 aromatic carbocycles. The number of rotatable bonds is 2. The molecule has 3 rings (SSSR count). The molecule has 20 heavy (non-hydrogen) atoms. The normalized spacial score (nSPS) is 11.2. The molecule has 0 fully saturated rings. The smallest absolute Gasteiger partial charge is 0.224 e. The molecule has 0 saturated carbocycles. The molecule has 0 aliphatic carbocycles. The fourth-order valence-corrected chi connectivity index (χ4v) is 2.09. The van der Waals surface area contributed by atoms with Crippen LogP contribution in [0.5, 0.6) is 0 Å². The standard InChI is InChI=1S/C13H7ClF3N3/c14-13-18-5-7-3-4-20(12(7)19-13)6-8-9(15)1-2-10(16)11(8)17/h1-5H,6H2. The van der Waals surface area contributed by atoms with E-state index in [9.17, 15) is 13.2 Å². The fourth-order valence-electron chi connectivity index (χ4n) is 1.96. The minimum Gasteiger partial charge on any atom is -0.328 e. The molecule has 3 nitrogen and oxygen atoms in total. The third-order valence-corrected chi connectivity index (χ3v) is 3.12. The number of fused-ring (bicyclic) bond motifs is 1. The Morgan fingerprint density at radius 1 is 1.10 bits per heavy atom. The minimum absolute atomic E-state index is 0.0256. The highest BCUT2D eigenvalue weighted by Gasteiger charge is 2.15. The number of hydrogen-bond donors (Lipinski definition) is 0. The molecule has 7 heteroatoms. The number of nitrogens with zero attached hydrogens (tertiary/aromatic N) is 3. The second-order valence-electron chi connectivity index (χ2n) is 4.18. The van der Waals surface area contributed by atoms with Crippen LogP contribution >= 0.6 is 11.6 Å². The number of aromatic nitrogens is 3. The Balaban J connectivity index is 2.10. The molecule has 0 spiro atoms. The van der Waals surface area contributed by atoms with E-state index in [1.54, 1.807) is 12.3 Å². The summed E-state index contributed by atoms with van der Waals surface area (Å²) in [4.78, 5) is 7.80. The van der Waals surface area contributed by atoms with E-state index in [1.807, 2.05) is 0 Å². The van der Waals surface area contributed by atoms with Crippen molar-refractivity contribution in [2.45, 2.75) is 6.54 Å². The van der Waals surface area contributed by atoms with Gasteiger partial charge in [0, 0.05) is 23.3 Å². The largest absolute Gasteiger partial charge is 0.328 e. The molecule has 0 saturated heterocycles. The van der Waals surface area contributed by atoms with Crippen molar-refractivity contribution < 1.29 is 13.2 Å². The summed E-state index contributed by atoms with van der Waals surface area (Å²) in [5, 5.41) is 0.698. The minimum atomic E-state index is -1.20. The average molecular weight is 298 g/mol. The maximum absolute atomic E-state index is 13.6. The van der Waals surface area contributed by atoms with Crippen LogP contribution in [-0.2, 0) is 6.54 Å². The predicted molar refractivity (Wildman–Crippen MR) is 68.0 cm³/mol. The Kier molecular flexibility index (Phi) is 3.10. The zero-order valence-corrected chi connectivity index (χ0v) is 10.7. The van der Waals surface area contributed by atoms with E-state index in [-0.39, 0.29) is 17.4 Å². The van der Waals surface area contributed by atoms with E-state index < -0.39 is 17.5 Å². The van der Waals surface area contributed by atoms with Crippen molar-refractivity contribution in [1.29, 1.82) is 0 Å². The van der Waals surface area contributed by atoms with Gasteiger partial charge in [0.2, 0.25) is 5.28 Å². The Hall–Kier alpha value is -2.08. The molecule has 0 N–H and O–H groups in total. The molecule has 0 aliphatic heterocycles. The highest BCUT2D eigenvalue weighted by atomic mass is 35.5. The van der Waals surface area contributed by atoms with Crippen LogP contribution in [0.1, 0.15) is 5.56 Å². The Morgan fingerprint density at radius 2 is 1.85 bits per heavy atom. The van der Waals surface area contributed by atoms with Crippen molar-refractivity contribution >= 4 is 22.6 Å². The van der Waals surface area contributed by atoms with E-state index in [0.29, 0.717) is 11.0 Å². The van der Waals surface area contributed by atoms with E-state index in [0.717, 1.165) is 12.1 Å². The van der Waals surface area contributed by atoms with Crippen LogP contribution < -0.4 is 0 Å². The van der Waals surface area contributed by atoms with Crippen LogP contribution in [0.25, 0.3) is 11.0 Å². The van der Waals surface area contributed by atoms with E-state index in [2.05, 4.69) is 9.97 Å². The topological polar surface area (TPSA) is 30.7 Å². The molecule has 0 radical (unpaired) electrons. The molecule has 0 aliphatic rings. The number of benzene rings is 1. The molecule has 0 amide bonds. The van der Waals surface area contributed by atoms with Crippen molar-refractivity contribution in [1.82, 2.24) is 14.5 Å². The average Bonchev–Trinajstić information content (AvgIpc) is 2.81. The summed E-state index contributed by atoms with van der Waals surface area (Å²) in [5.74, 6) is -3.11. The maximum Gasteiger partial charge on any atom is 0.224 e. The summed E-state index contributed by atoms with van der Waals surface area (Å²) >= 11 is 5.69. The first-order valence-corrected chi connectivity index (χ1v) is 6.04. The Morgan fingerprint density at radius 3 is 2.65 bits per heavy atom. The summed E-state index contributed by atoms with van der Waals surface area (Å²) < 4.78 is 41.9. The molecule has 2 aromatic heterocycles. The van der Waals surface area contributed by atoms with Crippen molar-refractivity contribution in [3.8, 4) is 0 Å². The van der Waals surface area contributed by atoms with Crippen LogP contribution in [0.2, 0.25) is 5.28 Å². The predicted octanol–water partition coefficient (Wildman–Crippen LogP) is 3.55. The van der Waals surface area contributed by atoms with Gasteiger partial charge in [-0.05, 0) is 29.8 Å². The van der Waals surface area contributed by atoms with E-state index in [1.165, 1.54) is 10.8 Å². The molecule has 0 atom stereocenters. The maximum atomic E-state index is 13.6. The lowest BCUT2D eigenvalue weighted by Crippen LogP contribution is -2.06. The van der Waals surface area contributed by atoms with Crippen LogP contribution in [0, 0.1) is 17.5 Å². The molecule has 2 heterocycles. The van der Waals surface area contributed by atoms with Gasteiger partial charge in [0.05, 0.1) is 6.54 Å². The highest BCUT2D eigenvalue weighted by molar-refractivity contribution is 6.28. The number of halogens is 4. The van der Waals surface area contributed by atoms with Gasteiger partial charge in [-0.3, -0.25) is 0 Å². The Labute approximate surface area is 116 Å². The summed E-state index contributed by atoms with van der Waals surface area (Å²) in [6, 6.07) is 3.32. The zero-order valence-electron chi connectivity index (χ0n) is 9.95. The van der Waals surface area contributed by atoms with Crippen molar-refractivity contribution in [3.63, 3.8) is 0 Å². The van der Waals surface area contributed by atoms with Crippen molar-refractivity contribution in [2.75, 3.05) is 0 Å². The molecule has 0 unspecified atom stereocenters. The monoisotopic (exact) mass is 297 g/mol. The molecular weight excluding hydrogens is 291 g/mol. The van der Waals surface area contributed by atoms with Crippen molar-refractivity contribution in [3.05, 3.63) is 58.9 Å². The van der Waals surface area contributed by atoms with Crippen LogP contribution in [0.15, 0.2) is 30.6 Å². The summed E-state index contributed by atoms with van der Waals surface area (Å²) in [7, 11) is 0. The summed E-state index contributed by atoms with van der Waals surface area (Å²) in [6.07, 6.45) is 3.08. The molecular formula is C13H7ClF3N3. The third kappa shape index (κ3) is 2.12. The van der Waals surface area contributed by atoms with Crippen molar-refractivity contribution in [2.24, 2.45) is 0 Å². The van der Waals surface area contributed by atoms with E-state index in [4.69, 9.17) is 11.6 Å². The summed E-state index contributed by atoms with van der Waals surface area (Å²) in [5.41, 5.74) is 0.0605. The van der Waals surface area contributed by atoms with Gasteiger partial charge in [-0.1, -0.05) is 0 Å². The summed E-state index contributed by atoms with van der Waals surface area (Å²) in [6.45, 7) is -0.188. The van der Waals surface area contributed by atoms with Gasteiger partial charge in [-0.2, -0.15) is 4.98 Å². The zero-order chi connectivity index (χ0) is 14.3. The lowest BCUT2D eigenvalue weighted by Gasteiger charge is -2.08. The first-order chi connectivity index (χ1) is 9.56. The lowest BCUT2D eigenvalue weighted by atomic mass is 10.2. The van der Waals surface area contributed by atoms with Gasteiger partial charge >= 0.3 is 0 Å². The fraction of sp³-hybridized carbons (Fsp3) is 0.0769. The van der Waals surface area contributed by atoms with Gasteiger partial charge in [-0.15, -0.1) is 0 Å². The van der Waals surface area contributed by atoms with Gasteiger partial charge in [-0.25, -0.2) is 18.2 Å². The first-order valence-electron chi connectivity index (χ1n) is 5.66. The molecule has 102 valence electrons. The molecule has 3 aromatic rings. The van der Waals surface area contributed by atoms with Crippen LogP contribution in [0.3, 0.4) is 0 Å². The lowest BCUT2D eigenvalue weighted by molar-refractivity contribution is 0.475. The van der Waals surface area contributed by atoms with Gasteiger partial charge < -0.3 is 4.57 Å². The van der Waals surface area contributed by atoms with Crippen LogP contribution in [0.4, 0.5) is 13.2 Å².